The number of hydrogen-bond acceptors (Lipinski definition) is 4. The van der Waals surface area contributed by atoms with Gasteiger partial charge in [-0.2, -0.15) is 4.99 Å². The van der Waals surface area contributed by atoms with Crippen LogP contribution in [-0.4, -0.2) is 23.6 Å². The lowest BCUT2D eigenvalue weighted by Gasteiger charge is -2.06. The lowest BCUT2D eigenvalue weighted by molar-refractivity contribution is -0.141. The van der Waals surface area contributed by atoms with Crippen LogP contribution in [0.1, 0.15) is 35.7 Å². The molecule has 0 aliphatic rings. The van der Waals surface area contributed by atoms with Crippen molar-refractivity contribution in [3.63, 3.8) is 0 Å². The molecule has 3 rings (SSSR count). The second kappa shape index (κ2) is 8.06. The Balaban J connectivity index is 2.17. The molecule has 140 valence electrons. The molecule has 1 amide bonds. The van der Waals surface area contributed by atoms with Crippen molar-refractivity contribution < 1.29 is 14.3 Å². The summed E-state index contributed by atoms with van der Waals surface area (Å²) in [7, 11) is 1.33. The molecule has 0 saturated carbocycles. The molecule has 0 fully saturated rings. The molecule has 1 heterocycles. The Labute approximate surface area is 165 Å². The molecule has 0 saturated heterocycles. The maximum atomic E-state index is 12.6. The monoisotopic (exact) mass is 402 g/mol. The van der Waals surface area contributed by atoms with Gasteiger partial charge in [-0.15, -0.1) is 0 Å². The van der Waals surface area contributed by atoms with Crippen LogP contribution in [0.2, 0.25) is 5.02 Å². The van der Waals surface area contributed by atoms with E-state index in [0.29, 0.717) is 21.3 Å². The highest BCUT2D eigenvalue weighted by Gasteiger charge is 2.14. The normalized spacial score (nSPS) is 12.0. The molecule has 0 N–H and O–H groups in total. The molecule has 0 radical (unpaired) electrons. The van der Waals surface area contributed by atoms with E-state index in [1.165, 1.54) is 24.0 Å². The van der Waals surface area contributed by atoms with Gasteiger partial charge < -0.3 is 9.30 Å². The quantitative estimate of drug-likeness (QED) is 0.608. The van der Waals surface area contributed by atoms with Gasteiger partial charge in [0.25, 0.3) is 5.91 Å². The number of methoxy groups -OCH3 is 1. The summed E-state index contributed by atoms with van der Waals surface area (Å²) in [6.45, 7) is 4.21. The average Bonchev–Trinajstić information content (AvgIpc) is 2.98. The van der Waals surface area contributed by atoms with E-state index in [0.717, 1.165) is 10.2 Å². The third kappa shape index (κ3) is 4.12. The molecule has 0 atom stereocenters. The van der Waals surface area contributed by atoms with Crippen molar-refractivity contribution in [3.8, 4) is 0 Å². The first-order valence-electron chi connectivity index (χ1n) is 8.44. The van der Waals surface area contributed by atoms with Crippen molar-refractivity contribution in [2.24, 2.45) is 4.99 Å². The standard InChI is InChI=1S/C20H19ClN2O3S/c1-12(2)13-8-9-16-17(10-13)27-20(23(16)11-18(24)26-3)22-19(25)14-6-4-5-7-15(14)21/h4-10,12H,11H2,1-3H3. The van der Waals surface area contributed by atoms with Crippen molar-refractivity contribution in [1.82, 2.24) is 4.57 Å². The fourth-order valence-corrected chi connectivity index (χ4v) is 3.96. The lowest BCUT2D eigenvalue weighted by Crippen LogP contribution is -2.22. The van der Waals surface area contributed by atoms with Crippen molar-refractivity contribution in [3.05, 3.63) is 63.4 Å². The number of ether oxygens (including phenoxy) is 1. The predicted octanol–water partition coefficient (Wildman–Crippen LogP) is 4.39. The van der Waals surface area contributed by atoms with Crippen LogP contribution in [0.5, 0.6) is 0 Å². The minimum Gasteiger partial charge on any atom is -0.468 e. The molecule has 2 aromatic carbocycles. The van der Waals surface area contributed by atoms with Crippen LogP contribution in [0.25, 0.3) is 10.2 Å². The lowest BCUT2D eigenvalue weighted by atomic mass is 10.0. The highest BCUT2D eigenvalue weighted by atomic mass is 35.5. The maximum Gasteiger partial charge on any atom is 0.325 e. The van der Waals surface area contributed by atoms with Gasteiger partial charge >= 0.3 is 5.97 Å². The van der Waals surface area contributed by atoms with Crippen LogP contribution < -0.4 is 4.80 Å². The molecule has 0 unspecified atom stereocenters. The van der Waals surface area contributed by atoms with Crippen molar-refractivity contribution in [2.45, 2.75) is 26.3 Å². The van der Waals surface area contributed by atoms with Crippen LogP contribution in [0.15, 0.2) is 47.5 Å². The summed E-state index contributed by atoms with van der Waals surface area (Å²) in [5.74, 6) is -0.486. The number of carbonyl (C=O) groups is 2. The molecule has 0 bridgehead atoms. The summed E-state index contributed by atoms with van der Waals surface area (Å²) in [5, 5.41) is 0.342. The minimum atomic E-state index is -0.449. The first-order chi connectivity index (χ1) is 12.9. The van der Waals surface area contributed by atoms with Gasteiger partial charge in [-0.1, -0.05) is 55.0 Å². The molecule has 5 nitrogen and oxygen atoms in total. The smallest absolute Gasteiger partial charge is 0.325 e. The third-order valence-corrected chi connectivity index (χ3v) is 5.56. The highest BCUT2D eigenvalue weighted by molar-refractivity contribution is 7.16. The Morgan fingerprint density at radius 2 is 1.96 bits per heavy atom. The molecule has 1 aromatic heterocycles. The Morgan fingerprint density at radius 1 is 1.22 bits per heavy atom. The van der Waals surface area contributed by atoms with Gasteiger partial charge in [0.15, 0.2) is 4.80 Å². The fourth-order valence-electron chi connectivity index (χ4n) is 2.66. The summed E-state index contributed by atoms with van der Waals surface area (Å²) in [6, 6.07) is 12.8. The Bertz CT molecular complexity index is 1080. The van der Waals surface area contributed by atoms with Gasteiger partial charge in [0.05, 0.1) is 27.9 Å². The van der Waals surface area contributed by atoms with Crippen LogP contribution in [0.3, 0.4) is 0 Å². The van der Waals surface area contributed by atoms with E-state index >= 15 is 0 Å². The molecule has 0 spiro atoms. The number of thiazole rings is 1. The number of hydrogen-bond donors (Lipinski definition) is 0. The SMILES string of the molecule is COC(=O)Cn1c(=NC(=O)c2ccccc2Cl)sc2cc(C(C)C)ccc21. The summed E-state index contributed by atoms with van der Waals surface area (Å²) < 4.78 is 7.45. The zero-order chi connectivity index (χ0) is 19.6. The van der Waals surface area contributed by atoms with Crippen molar-refractivity contribution in [2.75, 3.05) is 7.11 Å². The Morgan fingerprint density at radius 3 is 2.63 bits per heavy atom. The second-order valence-corrected chi connectivity index (χ2v) is 7.74. The summed E-state index contributed by atoms with van der Waals surface area (Å²) >= 11 is 7.47. The van der Waals surface area contributed by atoms with E-state index in [1.54, 1.807) is 28.8 Å². The van der Waals surface area contributed by atoms with Gasteiger partial charge in [0.2, 0.25) is 0 Å². The molecular weight excluding hydrogens is 384 g/mol. The van der Waals surface area contributed by atoms with E-state index in [4.69, 9.17) is 16.3 Å². The Kier molecular flexibility index (Phi) is 5.77. The Hall–Kier alpha value is -2.44. The number of rotatable bonds is 4. The second-order valence-electron chi connectivity index (χ2n) is 6.33. The van der Waals surface area contributed by atoms with Gasteiger partial charge in [0.1, 0.15) is 6.54 Å². The fraction of sp³-hybridized carbons (Fsp3) is 0.250. The van der Waals surface area contributed by atoms with E-state index in [9.17, 15) is 9.59 Å². The third-order valence-electron chi connectivity index (χ3n) is 4.19. The van der Waals surface area contributed by atoms with Crippen LogP contribution in [0, 0.1) is 0 Å². The number of benzene rings is 2. The largest absolute Gasteiger partial charge is 0.468 e. The van der Waals surface area contributed by atoms with Crippen LogP contribution in [0.4, 0.5) is 0 Å². The summed E-state index contributed by atoms with van der Waals surface area (Å²) in [5.41, 5.74) is 2.34. The number of fused-ring (bicyclic) bond motifs is 1. The van der Waals surface area contributed by atoms with E-state index < -0.39 is 11.9 Å². The zero-order valence-corrected chi connectivity index (χ0v) is 16.8. The first-order valence-corrected chi connectivity index (χ1v) is 9.64. The van der Waals surface area contributed by atoms with E-state index in [2.05, 4.69) is 24.9 Å². The number of halogens is 1. The van der Waals surface area contributed by atoms with E-state index in [1.807, 2.05) is 12.1 Å². The topological polar surface area (TPSA) is 60.7 Å². The summed E-state index contributed by atoms with van der Waals surface area (Å²) in [4.78, 5) is 29.2. The zero-order valence-electron chi connectivity index (χ0n) is 15.2. The number of esters is 1. The predicted molar refractivity (Wildman–Crippen MR) is 107 cm³/mol. The van der Waals surface area contributed by atoms with Gasteiger partial charge in [-0.3, -0.25) is 9.59 Å². The van der Waals surface area contributed by atoms with Gasteiger partial charge in [-0.25, -0.2) is 0 Å². The summed E-state index contributed by atoms with van der Waals surface area (Å²) in [6.07, 6.45) is 0. The molecule has 27 heavy (non-hydrogen) atoms. The van der Waals surface area contributed by atoms with E-state index in [-0.39, 0.29) is 6.54 Å². The van der Waals surface area contributed by atoms with Gasteiger partial charge in [-0.05, 0) is 35.7 Å². The minimum absolute atomic E-state index is 0.0217. The van der Waals surface area contributed by atoms with Gasteiger partial charge in [0, 0.05) is 0 Å². The number of nitrogens with zero attached hydrogens (tertiary/aromatic N) is 2. The molecule has 0 aliphatic heterocycles. The number of carbonyl (C=O) groups excluding carboxylic acids is 2. The molecule has 0 aliphatic carbocycles. The van der Waals surface area contributed by atoms with Crippen LogP contribution in [-0.2, 0) is 16.1 Å². The van der Waals surface area contributed by atoms with Crippen molar-refractivity contribution in [1.29, 1.82) is 0 Å². The van der Waals surface area contributed by atoms with Crippen molar-refractivity contribution >= 4 is 45.0 Å². The van der Waals surface area contributed by atoms with Crippen LogP contribution >= 0.6 is 22.9 Å². The molecule has 3 aromatic rings. The first kappa shape index (κ1) is 19.3. The molecule has 7 heteroatoms. The number of amides is 1. The highest BCUT2D eigenvalue weighted by Crippen LogP contribution is 2.24. The molecular formula is C20H19ClN2O3S. The average molecular weight is 403 g/mol. The number of aromatic nitrogens is 1. The maximum absolute atomic E-state index is 12.6.